The first-order valence-electron chi connectivity index (χ1n) is 21.8. The zero-order chi connectivity index (χ0) is 45.1. The number of carbonyl (C=O) groups is 5. The second kappa shape index (κ2) is 26.6. The van der Waals surface area contributed by atoms with Crippen molar-refractivity contribution >= 4 is 29.6 Å². The molecule has 0 saturated carbocycles. The molecular formula is C45H78N6O9. The number of rotatable bonds is 27. The molecule has 2 rings (SSSR count). The Labute approximate surface area is 360 Å². The van der Waals surface area contributed by atoms with E-state index in [0.717, 1.165) is 18.5 Å². The molecule has 0 spiro atoms. The van der Waals surface area contributed by atoms with Gasteiger partial charge in [-0.05, 0) is 50.3 Å². The van der Waals surface area contributed by atoms with Crippen LogP contribution in [0.3, 0.4) is 0 Å². The van der Waals surface area contributed by atoms with E-state index in [1.54, 1.807) is 30.9 Å². The van der Waals surface area contributed by atoms with Gasteiger partial charge < -0.3 is 44.7 Å². The van der Waals surface area contributed by atoms with Crippen LogP contribution in [0.4, 0.5) is 0 Å². The Bertz CT molecular complexity index is 1470. The number of likely N-dealkylation sites (N-methyl/N-ethyl adjacent to an activating group) is 3. The monoisotopic (exact) mass is 847 g/mol. The van der Waals surface area contributed by atoms with Crippen molar-refractivity contribution in [2.75, 3.05) is 75.3 Å². The smallest absolute Gasteiger partial charge is 0.328 e. The molecule has 60 heavy (non-hydrogen) atoms. The van der Waals surface area contributed by atoms with Gasteiger partial charge in [-0.2, -0.15) is 0 Å². The van der Waals surface area contributed by atoms with Gasteiger partial charge in [-0.25, -0.2) is 4.79 Å². The standard InChI is InChI=1S/C45H78N6O9/c1-14-31(6)40(50(10)44(55)38(29(2)3)48-43(54)39(30(4)5)49(9)24-26-60-25-22-46-8)36(57-11)28-37(52)51-23-18-21-35(51)41(58-12)32(7)42(53)47-34(45(56)59-13)27-33-19-16-15-17-20-33/h15-17,19-20,29-32,34-36,38-41,46H,14,18,21-28H2,1-13H3,(H,47,53)(H,48,54). The largest absolute Gasteiger partial charge is 0.467 e. The van der Waals surface area contributed by atoms with Crippen LogP contribution >= 0.6 is 0 Å². The van der Waals surface area contributed by atoms with E-state index in [1.165, 1.54) is 14.2 Å². The lowest BCUT2D eigenvalue weighted by molar-refractivity contribution is -0.149. The van der Waals surface area contributed by atoms with E-state index in [0.29, 0.717) is 39.1 Å². The van der Waals surface area contributed by atoms with Crippen LogP contribution in [0.5, 0.6) is 0 Å². The van der Waals surface area contributed by atoms with Gasteiger partial charge in [0, 0.05) is 47.3 Å². The molecule has 15 heteroatoms. The molecule has 0 aromatic heterocycles. The Morgan fingerprint density at radius 1 is 0.883 bits per heavy atom. The minimum atomic E-state index is -0.897. The van der Waals surface area contributed by atoms with Crippen LogP contribution in [0.25, 0.3) is 0 Å². The highest BCUT2D eigenvalue weighted by molar-refractivity contribution is 5.90. The van der Waals surface area contributed by atoms with Crippen LogP contribution in [0, 0.1) is 23.7 Å². The van der Waals surface area contributed by atoms with Crippen molar-refractivity contribution in [3.8, 4) is 0 Å². The maximum absolute atomic E-state index is 14.5. The predicted octanol–water partition coefficient (Wildman–Crippen LogP) is 3.14. The average molecular weight is 847 g/mol. The zero-order valence-corrected chi connectivity index (χ0v) is 38.8. The summed E-state index contributed by atoms with van der Waals surface area (Å²) in [6.45, 7) is 16.4. The number of nitrogens with zero attached hydrogens (tertiary/aromatic N) is 3. The first-order valence-corrected chi connectivity index (χ1v) is 21.8. The van der Waals surface area contributed by atoms with Gasteiger partial charge in [0.25, 0.3) is 0 Å². The maximum Gasteiger partial charge on any atom is 0.328 e. The van der Waals surface area contributed by atoms with E-state index in [1.807, 2.05) is 90.9 Å². The molecule has 15 nitrogen and oxygen atoms in total. The van der Waals surface area contributed by atoms with Gasteiger partial charge in [0.2, 0.25) is 23.6 Å². The summed E-state index contributed by atoms with van der Waals surface area (Å²) < 4.78 is 22.7. The number of ether oxygens (including phenoxy) is 4. The van der Waals surface area contributed by atoms with E-state index in [-0.39, 0.29) is 54.2 Å². The highest BCUT2D eigenvalue weighted by Gasteiger charge is 2.43. The number of nitrogens with one attached hydrogen (secondary N) is 3. The van der Waals surface area contributed by atoms with Crippen LogP contribution in [-0.4, -0.2) is 162 Å². The number of benzene rings is 1. The zero-order valence-electron chi connectivity index (χ0n) is 38.8. The van der Waals surface area contributed by atoms with Crippen LogP contribution in [0.15, 0.2) is 30.3 Å². The Morgan fingerprint density at radius 3 is 2.10 bits per heavy atom. The molecule has 1 fully saturated rings. The summed E-state index contributed by atoms with van der Waals surface area (Å²) in [5.74, 6) is -2.59. The van der Waals surface area contributed by atoms with Crippen molar-refractivity contribution in [2.45, 2.75) is 123 Å². The average Bonchev–Trinajstić information content (AvgIpc) is 3.71. The lowest BCUT2D eigenvalue weighted by Gasteiger charge is -2.41. The Balaban J connectivity index is 2.26. The molecule has 1 saturated heterocycles. The first-order chi connectivity index (χ1) is 28.5. The van der Waals surface area contributed by atoms with Crippen molar-refractivity contribution in [3.63, 3.8) is 0 Å². The molecular weight excluding hydrogens is 769 g/mol. The predicted molar refractivity (Wildman–Crippen MR) is 233 cm³/mol. The lowest BCUT2D eigenvalue weighted by atomic mass is 9.89. The van der Waals surface area contributed by atoms with Gasteiger partial charge in [0.1, 0.15) is 12.1 Å². The summed E-state index contributed by atoms with van der Waals surface area (Å²) in [6, 6.07) is 6.30. The van der Waals surface area contributed by atoms with E-state index >= 15 is 0 Å². The minimum absolute atomic E-state index is 0.00651. The van der Waals surface area contributed by atoms with Crippen molar-refractivity contribution in [1.29, 1.82) is 0 Å². The fourth-order valence-electron chi connectivity index (χ4n) is 8.40. The molecule has 1 heterocycles. The van der Waals surface area contributed by atoms with Gasteiger partial charge >= 0.3 is 5.97 Å². The van der Waals surface area contributed by atoms with E-state index in [9.17, 15) is 24.0 Å². The Morgan fingerprint density at radius 2 is 1.55 bits per heavy atom. The SMILES string of the molecule is CCC(C)C(C(CC(=O)N1CCCC1C(OC)C(C)C(=O)NC(Cc1ccccc1)C(=O)OC)OC)N(C)C(=O)C(NC(=O)C(C(C)C)N(C)CCOCCNC)C(C)C. The number of methoxy groups -OCH3 is 3. The van der Waals surface area contributed by atoms with Crippen LogP contribution < -0.4 is 16.0 Å². The number of hydrogen-bond donors (Lipinski definition) is 3. The molecule has 1 aliphatic heterocycles. The number of likely N-dealkylation sites (tertiary alicyclic amines) is 1. The van der Waals surface area contributed by atoms with Crippen LogP contribution in [0.2, 0.25) is 0 Å². The van der Waals surface area contributed by atoms with Crippen molar-refractivity contribution in [3.05, 3.63) is 35.9 Å². The third kappa shape index (κ3) is 15.1. The van der Waals surface area contributed by atoms with Gasteiger partial charge in [0.15, 0.2) is 0 Å². The third-order valence-electron chi connectivity index (χ3n) is 12.0. The maximum atomic E-state index is 14.5. The number of esters is 1. The van der Waals surface area contributed by atoms with E-state index < -0.39 is 54.3 Å². The second-order valence-electron chi connectivity index (χ2n) is 17.0. The molecule has 342 valence electrons. The number of amides is 4. The summed E-state index contributed by atoms with van der Waals surface area (Å²) in [7, 11) is 9.86. The van der Waals surface area contributed by atoms with Gasteiger partial charge in [-0.3, -0.25) is 24.1 Å². The molecule has 3 N–H and O–H groups in total. The molecule has 0 radical (unpaired) electrons. The fraction of sp³-hybridized carbons (Fsp3) is 0.756. The minimum Gasteiger partial charge on any atom is -0.467 e. The summed E-state index contributed by atoms with van der Waals surface area (Å²) in [4.78, 5) is 74.5. The van der Waals surface area contributed by atoms with Crippen molar-refractivity contribution < 1.29 is 42.9 Å². The molecule has 1 aliphatic rings. The second-order valence-corrected chi connectivity index (χ2v) is 17.0. The van der Waals surface area contributed by atoms with Crippen molar-refractivity contribution in [2.24, 2.45) is 23.7 Å². The molecule has 9 atom stereocenters. The lowest BCUT2D eigenvalue weighted by Crippen LogP contribution is -2.60. The summed E-state index contributed by atoms with van der Waals surface area (Å²) in [5.41, 5.74) is 0.873. The van der Waals surface area contributed by atoms with E-state index in [4.69, 9.17) is 18.9 Å². The molecule has 1 aromatic carbocycles. The van der Waals surface area contributed by atoms with Crippen LogP contribution in [0.1, 0.15) is 79.7 Å². The normalized spacial score (nSPS) is 18.3. The Kier molecular flexibility index (Phi) is 23.3. The molecule has 0 aliphatic carbocycles. The third-order valence-corrected chi connectivity index (χ3v) is 12.0. The fourth-order valence-corrected chi connectivity index (χ4v) is 8.40. The highest BCUT2D eigenvalue weighted by atomic mass is 16.5. The molecule has 9 unspecified atom stereocenters. The van der Waals surface area contributed by atoms with Crippen LogP contribution in [-0.2, 0) is 49.3 Å². The molecule has 0 bridgehead atoms. The number of hydrogen-bond acceptors (Lipinski definition) is 11. The summed E-state index contributed by atoms with van der Waals surface area (Å²) in [6.07, 6.45) is 1.00. The first kappa shape index (κ1) is 52.5. The quantitative estimate of drug-likeness (QED) is 0.0880. The summed E-state index contributed by atoms with van der Waals surface area (Å²) >= 11 is 0. The van der Waals surface area contributed by atoms with E-state index in [2.05, 4.69) is 16.0 Å². The molecule has 4 amide bonds. The van der Waals surface area contributed by atoms with Gasteiger partial charge in [0.05, 0.1) is 63.0 Å². The Hall–Kier alpha value is -3.63. The highest BCUT2D eigenvalue weighted by Crippen LogP contribution is 2.30. The topological polar surface area (TPSA) is 168 Å². The number of carbonyl (C=O) groups excluding carboxylic acids is 5. The van der Waals surface area contributed by atoms with Gasteiger partial charge in [-0.15, -0.1) is 0 Å². The van der Waals surface area contributed by atoms with Crippen molar-refractivity contribution in [1.82, 2.24) is 30.7 Å². The summed E-state index contributed by atoms with van der Waals surface area (Å²) in [5, 5.41) is 9.01. The molecule has 1 aromatic rings. The van der Waals surface area contributed by atoms with Gasteiger partial charge in [-0.1, -0.05) is 85.2 Å².